The molecule has 0 amide bonds. The van der Waals surface area contributed by atoms with Crippen molar-refractivity contribution in [1.82, 2.24) is 20.5 Å². The smallest absolute Gasteiger partial charge is 0.167 e. The number of likely N-dealkylation sites (N-methyl/N-ethyl adjacent to an activating group) is 1. The molecule has 2 aromatic rings. The Bertz CT molecular complexity index is 449. The molecule has 0 radical (unpaired) electrons. The first-order chi connectivity index (χ1) is 7.79. The lowest BCUT2D eigenvalue weighted by Crippen LogP contribution is -2.15. The molecule has 0 spiro atoms. The van der Waals surface area contributed by atoms with E-state index in [0.717, 1.165) is 40.2 Å². The van der Waals surface area contributed by atoms with Crippen LogP contribution in [0.5, 0.6) is 0 Å². The molecular weight excluding hydrogens is 240 g/mol. The van der Waals surface area contributed by atoms with Crippen LogP contribution in [0.4, 0.5) is 0 Å². The molecule has 0 aromatic carbocycles. The summed E-state index contributed by atoms with van der Waals surface area (Å²) in [7, 11) is 0. The summed E-state index contributed by atoms with van der Waals surface area (Å²) in [4.78, 5) is 4.40. The van der Waals surface area contributed by atoms with E-state index in [1.165, 1.54) is 0 Å². The van der Waals surface area contributed by atoms with E-state index in [1.807, 2.05) is 12.3 Å². The van der Waals surface area contributed by atoms with Gasteiger partial charge in [-0.05, 0) is 13.5 Å². The van der Waals surface area contributed by atoms with Crippen LogP contribution in [0.3, 0.4) is 0 Å². The summed E-state index contributed by atoms with van der Waals surface area (Å²) in [5.74, 6) is 0. The third kappa shape index (κ3) is 2.84. The van der Waals surface area contributed by atoms with Crippen LogP contribution in [-0.4, -0.2) is 28.3 Å². The van der Waals surface area contributed by atoms with E-state index in [0.29, 0.717) is 0 Å². The Morgan fingerprint density at radius 1 is 1.38 bits per heavy atom. The van der Waals surface area contributed by atoms with Gasteiger partial charge in [0.1, 0.15) is 10.7 Å². The molecule has 0 saturated heterocycles. The molecule has 0 aliphatic rings. The van der Waals surface area contributed by atoms with Crippen molar-refractivity contribution >= 4 is 22.7 Å². The van der Waals surface area contributed by atoms with Gasteiger partial charge in [0.25, 0.3) is 0 Å². The molecule has 2 heterocycles. The number of nitrogens with one attached hydrogen (secondary N) is 1. The highest BCUT2D eigenvalue weighted by atomic mass is 32.1. The van der Waals surface area contributed by atoms with E-state index < -0.39 is 0 Å². The van der Waals surface area contributed by atoms with Gasteiger partial charge in [-0.15, -0.1) is 21.5 Å². The number of aryl methyl sites for hydroxylation is 1. The van der Waals surface area contributed by atoms with Crippen LogP contribution in [0.1, 0.15) is 16.9 Å². The van der Waals surface area contributed by atoms with Crippen molar-refractivity contribution in [2.24, 2.45) is 0 Å². The van der Waals surface area contributed by atoms with Crippen molar-refractivity contribution in [1.29, 1.82) is 0 Å². The number of hydrogen-bond donors (Lipinski definition) is 1. The topological polar surface area (TPSA) is 50.7 Å². The van der Waals surface area contributed by atoms with Gasteiger partial charge in [-0.3, -0.25) is 0 Å². The number of nitrogens with zero attached hydrogens (tertiary/aromatic N) is 3. The zero-order valence-corrected chi connectivity index (χ0v) is 11.0. The van der Waals surface area contributed by atoms with E-state index in [1.54, 1.807) is 22.7 Å². The summed E-state index contributed by atoms with van der Waals surface area (Å²) in [5.41, 5.74) is 0.953. The molecule has 0 unspecified atom stereocenters. The van der Waals surface area contributed by atoms with Gasteiger partial charge in [-0.2, -0.15) is 0 Å². The van der Waals surface area contributed by atoms with E-state index in [-0.39, 0.29) is 0 Å². The fourth-order valence-corrected chi connectivity index (χ4v) is 2.76. The number of thiazole rings is 1. The monoisotopic (exact) mass is 254 g/mol. The van der Waals surface area contributed by atoms with Crippen LogP contribution in [0.15, 0.2) is 5.38 Å². The lowest BCUT2D eigenvalue weighted by Gasteiger charge is -1.95. The van der Waals surface area contributed by atoms with E-state index in [9.17, 15) is 0 Å². The minimum atomic E-state index is 0.927. The van der Waals surface area contributed by atoms with Crippen LogP contribution in [0, 0.1) is 6.92 Å². The Labute approximate surface area is 103 Å². The molecule has 0 saturated carbocycles. The fourth-order valence-electron chi connectivity index (χ4n) is 1.29. The largest absolute Gasteiger partial charge is 0.317 e. The van der Waals surface area contributed by atoms with Crippen molar-refractivity contribution in [2.45, 2.75) is 20.3 Å². The predicted octanol–water partition coefficient (Wildman–Crippen LogP) is 2.12. The van der Waals surface area contributed by atoms with Gasteiger partial charge in [-0.25, -0.2) is 4.98 Å². The van der Waals surface area contributed by atoms with Gasteiger partial charge < -0.3 is 5.32 Å². The van der Waals surface area contributed by atoms with Crippen LogP contribution >= 0.6 is 22.7 Å². The summed E-state index contributed by atoms with van der Waals surface area (Å²) >= 11 is 3.28. The van der Waals surface area contributed by atoms with Gasteiger partial charge in [-0.1, -0.05) is 18.3 Å². The lowest BCUT2D eigenvalue weighted by atomic mass is 10.4. The molecule has 0 atom stereocenters. The summed E-state index contributed by atoms with van der Waals surface area (Å²) in [6.45, 7) is 6.06. The molecule has 0 fully saturated rings. The molecule has 0 bridgehead atoms. The van der Waals surface area contributed by atoms with Crippen LogP contribution in [0.2, 0.25) is 0 Å². The van der Waals surface area contributed by atoms with Crippen molar-refractivity contribution in [3.8, 4) is 10.7 Å². The Morgan fingerprint density at radius 2 is 2.25 bits per heavy atom. The third-order valence-corrected chi connectivity index (χ3v) is 3.85. The molecule has 2 aromatic heterocycles. The molecule has 16 heavy (non-hydrogen) atoms. The molecule has 1 N–H and O–H groups in total. The number of rotatable bonds is 5. The zero-order valence-electron chi connectivity index (χ0n) is 9.36. The molecule has 2 rings (SSSR count). The van der Waals surface area contributed by atoms with Crippen LogP contribution < -0.4 is 5.32 Å². The van der Waals surface area contributed by atoms with Crippen molar-refractivity contribution in [3.05, 3.63) is 15.4 Å². The van der Waals surface area contributed by atoms with Crippen molar-refractivity contribution < 1.29 is 0 Å². The van der Waals surface area contributed by atoms with Gasteiger partial charge in [0.15, 0.2) is 5.01 Å². The maximum absolute atomic E-state index is 4.40. The SMILES string of the molecule is CCNCCc1nnc(-c2csc(C)n2)s1. The zero-order chi connectivity index (χ0) is 11.4. The molecular formula is C10H14N4S2. The molecule has 0 aliphatic carbocycles. The molecule has 4 nitrogen and oxygen atoms in total. The summed E-state index contributed by atoms with van der Waals surface area (Å²) in [6.07, 6.45) is 0.939. The quantitative estimate of drug-likeness (QED) is 0.830. The highest BCUT2D eigenvalue weighted by molar-refractivity contribution is 7.15. The Morgan fingerprint density at radius 3 is 2.94 bits per heavy atom. The highest BCUT2D eigenvalue weighted by Gasteiger charge is 2.08. The van der Waals surface area contributed by atoms with Crippen LogP contribution in [0.25, 0.3) is 10.7 Å². The van der Waals surface area contributed by atoms with E-state index in [2.05, 4.69) is 27.4 Å². The summed E-state index contributed by atoms with van der Waals surface area (Å²) in [6, 6.07) is 0. The first-order valence-electron chi connectivity index (χ1n) is 5.25. The molecule has 6 heteroatoms. The second kappa shape index (κ2) is 5.47. The first kappa shape index (κ1) is 11.6. The summed E-state index contributed by atoms with van der Waals surface area (Å²) in [5, 5.41) is 16.7. The standard InChI is InChI=1S/C10H14N4S2/c1-3-11-5-4-9-13-14-10(16-9)8-6-15-7(2)12-8/h6,11H,3-5H2,1-2H3. The maximum Gasteiger partial charge on any atom is 0.167 e. The Hall–Kier alpha value is -0.850. The minimum Gasteiger partial charge on any atom is -0.317 e. The van der Waals surface area contributed by atoms with Crippen molar-refractivity contribution in [3.63, 3.8) is 0 Å². The average molecular weight is 254 g/mol. The number of aromatic nitrogens is 3. The molecule has 86 valence electrons. The fraction of sp³-hybridized carbons (Fsp3) is 0.500. The van der Waals surface area contributed by atoms with Gasteiger partial charge in [0.05, 0.1) is 5.01 Å². The van der Waals surface area contributed by atoms with Crippen molar-refractivity contribution in [2.75, 3.05) is 13.1 Å². The normalized spacial score (nSPS) is 10.9. The average Bonchev–Trinajstić information content (AvgIpc) is 2.87. The van der Waals surface area contributed by atoms with Crippen LogP contribution in [-0.2, 0) is 6.42 Å². The van der Waals surface area contributed by atoms with E-state index >= 15 is 0 Å². The van der Waals surface area contributed by atoms with Gasteiger partial charge >= 0.3 is 0 Å². The first-order valence-corrected chi connectivity index (χ1v) is 6.95. The second-order valence-corrected chi connectivity index (χ2v) is 5.48. The highest BCUT2D eigenvalue weighted by Crippen LogP contribution is 2.24. The summed E-state index contributed by atoms with van der Waals surface area (Å²) < 4.78 is 0. The van der Waals surface area contributed by atoms with Gasteiger partial charge in [0, 0.05) is 18.3 Å². The lowest BCUT2D eigenvalue weighted by molar-refractivity contribution is 0.710. The Balaban J connectivity index is 2.02. The number of hydrogen-bond acceptors (Lipinski definition) is 6. The van der Waals surface area contributed by atoms with Gasteiger partial charge in [0.2, 0.25) is 0 Å². The van der Waals surface area contributed by atoms with E-state index in [4.69, 9.17) is 0 Å². The third-order valence-electron chi connectivity index (χ3n) is 2.07. The Kier molecular flexibility index (Phi) is 3.98. The minimum absolute atomic E-state index is 0.927. The molecule has 0 aliphatic heterocycles. The maximum atomic E-state index is 4.40. The second-order valence-electron chi connectivity index (χ2n) is 3.36. The predicted molar refractivity (Wildman–Crippen MR) is 68.0 cm³/mol.